The summed E-state index contributed by atoms with van der Waals surface area (Å²) in [6.45, 7) is 8.34. The molecule has 0 fully saturated rings. The fraction of sp³-hybridized carbons (Fsp3) is 0.263. The fourth-order valence-electron chi connectivity index (χ4n) is 2.28. The number of benzene rings is 2. The minimum atomic E-state index is 0.246. The van der Waals surface area contributed by atoms with E-state index < -0.39 is 0 Å². The molecule has 0 atom stereocenters. The quantitative estimate of drug-likeness (QED) is 0.672. The van der Waals surface area contributed by atoms with E-state index in [0.29, 0.717) is 0 Å². The van der Waals surface area contributed by atoms with Gasteiger partial charge in [0.15, 0.2) is 0 Å². The summed E-state index contributed by atoms with van der Waals surface area (Å²) in [5.74, 6) is 1.76. The minimum absolute atomic E-state index is 0.246. The first-order valence-electron chi connectivity index (χ1n) is 7.62. The number of hydrogen-bond donors (Lipinski definition) is 0. The van der Waals surface area contributed by atoms with Crippen LogP contribution in [0.2, 0.25) is 0 Å². The highest BCUT2D eigenvalue weighted by Crippen LogP contribution is 2.22. The third-order valence-electron chi connectivity index (χ3n) is 3.66. The van der Waals surface area contributed by atoms with Gasteiger partial charge in [0.1, 0.15) is 0 Å². The van der Waals surface area contributed by atoms with E-state index in [0.717, 1.165) is 23.0 Å². The molecule has 0 aliphatic carbocycles. The summed E-state index contributed by atoms with van der Waals surface area (Å²) in [5.41, 5.74) is 4.51. The molecule has 3 aromatic rings. The molecule has 0 unspecified atom stereocenters. The van der Waals surface area contributed by atoms with Gasteiger partial charge in [-0.05, 0) is 30.7 Å². The smallest absolute Gasteiger partial charge is 0.381 e. The standard InChI is InChI=1S/C19H21N2O/c1-13(2)18-20-21(17-11-7-15(4)8-12-17)19(22-18)16-9-5-14(3)6-10-16/h5-13H,1-4H3/q+1. The highest BCUT2D eigenvalue weighted by atomic mass is 16.4. The Hall–Kier alpha value is -2.42. The summed E-state index contributed by atoms with van der Waals surface area (Å²) in [4.78, 5) is 0. The third kappa shape index (κ3) is 2.80. The summed E-state index contributed by atoms with van der Waals surface area (Å²) in [7, 11) is 0. The van der Waals surface area contributed by atoms with Crippen LogP contribution in [-0.2, 0) is 0 Å². The maximum atomic E-state index is 6.04. The van der Waals surface area contributed by atoms with Crippen LogP contribution in [0.3, 0.4) is 0 Å². The van der Waals surface area contributed by atoms with E-state index >= 15 is 0 Å². The Morgan fingerprint density at radius 1 is 0.864 bits per heavy atom. The van der Waals surface area contributed by atoms with Gasteiger partial charge < -0.3 is 4.42 Å². The van der Waals surface area contributed by atoms with Crippen molar-refractivity contribution in [2.75, 3.05) is 0 Å². The Bertz CT molecular complexity index is 705. The average Bonchev–Trinajstić information content (AvgIpc) is 2.94. The molecule has 1 heterocycles. The van der Waals surface area contributed by atoms with Gasteiger partial charge in [-0.2, -0.15) is 0 Å². The van der Waals surface area contributed by atoms with Crippen molar-refractivity contribution in [3.63, 3.8) is 0 Å². The molecule has 3 rings (SSSR count). The van der Waals surface area contributed by atoms with Gasteiger partial charge in [0.2, 0.25) is 5.69 Å². The number of rotatable bonds is 3. The van der Waals surface area contributed by atoms with Gasteiger partial charge in [-0.1, -0.05) is 49.2 Å². The number of aryl methyl sites for hydroxylation is 2. The second kappa shape index (κ2) is 5.76. The predicted octanol–water partition coefficient (Wildman–Crippen LogP) is 4.36. The van der Waals surface area contributed by atoms with Crippen LogP contribution in [-0.4, -0.2) is 5.10 Å². The molecule has 0 N–H and O–H groups in total. The summed E-state index contributed by atoms with van der Waals surface area (Å²) in [6.07, 6.45) is 0. The second-order valence-corrected chi connectivity index (χ2v) is 6.01. The van der Waals surface area contributed by atoms with Gasteiger partial charge in [-0.25, -0.2) is 0 Å². The molecule has 0 aliphatic heterocycles. The molecule has 3 heteroatoms. The van der Waals surface area contributed by atoms with Crippen molar-refractivity contribution in [2.24, 2.45) is 0 Å². The Morgan fingerprint density at radius 3 is 1.95 bits per heavy atom. The number of hydrogen-bond acceptors (Lipinski definition) is 2. The first-order chi connectivity index (χ1) is 10.5. The Morgan fingerprint density at radius 2 is 1.41 bits per heavy atom. The zero-order chi connectivity index (χ0) is 15.7. The molecule has 22 heavy (non-hydrogen) atoms. The van der Waals surface area contributed by atoms with Crippen molar-refractivity contribution in [3.05, 3.63) is 65.5 Å². The van der Waals surface area contributed by atoms with Crippen molar-refractivity contribution in [3.8, 4) is 17.1 Å². The van der Waals surface area contributed by atoms with Crippen LogP contribution >= 0.6 is 0 Å². The molecule has 0 amide bonds. The van der Waals surface area contributed by atoms with Gasteiger partial charge >= 0.3 is 5.89 Å². The van der Waals surface area contributed by atoms with E-state index in [1.165, 1.54) is 11.1 Å². The van der Waals surface area contributed by atoms with Crippen molar-refractivity contribution in [1.29, 1.82) is 0 Å². The van der Waals surface area contributed by atoms with Crippen molar-refractivity contribution >= 4 is 0 Å². The maximum Gasteiger partial charge on any atom is 0.413 e. The van der Waals surface area contributed by atoms with Crippen molar-refractivity contribution in [2.45, 2.75) is 33.6 Å². The second-order valence-electron chi connectivity index (χ2n) is 6.01. The van der Waals surface area contributed by atoms with Crippen LogP contribution in [0.15, 0.2) is 52.9 Å². The van der Waals surface area contributed by atoms with E-state index in [4.69, 9.17) is 4.42 Å². The van der Waals surface area contributed by atoms with Crippen molar-refractivity contribution < 1.29 is 9.10 Å². The van der Waals surface area contributed by atoms with Gasteiger partial charge in [0.25, 0.3) is 5.89 Å². The summed E-state index contributed by atoms with van der Waals surface area (Å²) < 4.78 is 7.93. The zero-order valence-corrected chi connectivity index (χ0v) is 13.5. The normalized spacial score (nSPS) is 11.1. The monoisotopic (exact) mass is 293 g/mol. The van der Waals surface area contributed by atoms with Crippen LogP contribution in [0, 0.1) is 13.8 Å². The molecule has 0 spiro atoms. The molecule has 0 bridgehead atoms. The fourth-order valence-corrected chi connectivity index (χ4v) is 2.28. The molecular formula is C19H21N2O+. The Labute approximate surface area is 131 Å². The SMILES string of the molecule is Cc1ccc(-c2oc(C(C)C)n[n+]2-c2ccc(C)cc2)cc1. The predicted molar refractivity (Wildman–Crippen MR) is 87.0 cm³/mol. The van der Waals surface area contributed by atoms with Crippen LogP contribution < -0.4 is 4.68 Å². The molecule has 0 radical (unpaired) electrons. The molecule has 2 aromatic carbocycles. The Kier molecular flexibility index (Phi) is 3.80. The summed E-state index contributed by atoms with van der Waals surface area (Å²) in [5, 5.41) is 4.66. The zero-order valence-electron chi connectivity index (χ0n) is 13.5. The summed E-state index contributed by atoms with van der Waals surface area (Å²) in [6, 6.07) is 16.6. The number of aromatic nitrogens is 2. The number of nitrogens with zero attached hydrogens (tertiary/aromatic N) is 2. The van der Waals surface area contributed by atoms with E-state index in [1.54, 1.807) is 0 Å². The third-order valence-corrected chi connectivity index (χ3v) is 3.66. The van der Waals surface area contributed by atoms with Crippen LogP contribution in [0.25, 0.3) is 17.1 Å². The van der Waals surface area contributed by atoms with Gasteiger partial charge in [-0.15, -0.1) is 0 Å². The molecule has 1 aromatic heterocycles. The van der Waals surface area contributed by atoms with Gasteiger partial charge in [0.05, 0.1) is 5.56 Å². The molecule has 0 saturated heterocycles. The van der Waals surface area contributed by atoms with E-state index in [9.17, 15) is 0 Å². The largest absolute Gasteiger partial charge is 0.413 e. The average molecular weight is 293 g/mol. The van der Waals surface area contributed by atoms with Gasteiger partial charge in [-0.3, -0.25) is 0 Å². The maximum absolute atomic E-state index is 6.04. The van der Waals surface area contributed by atoms with Crippen LogP contribution in [0.5, 0.6) is 0 Å². The molecule has 0 saturated carbocycles. The minimum Gasteiger partial charge on any atom is -0.381 e. The van der Waals surface area contributed by atoms with E-state index in [2.05, 4.69) is 81.3 Å². The van der Waals surface area contributed by atoms with Crippen LogP contribution in [0.1, 0.15) is 36.8 Å². The first kappa shape index (κ1) is 14.5. The molecule has 112 valence electrons. The topological polar surface area (TPSA) is 29.9 Å². The van der Waals surface area contributed by atoms with Crippen molar-refractivity contribution in [1.82, 2.24) is 5.10 Å². The lowest BCUT2D eigenvalue weighted by atomic mass is 10.1. The Balaban J connectivity index is 2.15. The van der Waals surface area contributed by atoms with E-state index in [1.807, 2.05) is 4.68 Å². The van der Waals surface area contributed by atoms with Gasteiger partial charge in [0, 0.05) is 23.1 Å². The molecule has 3 nitrogen and oxygen atoms in total. The summed E-state index contributed by atoms with van der Waals surface area (Å²) >= 11 is 0. The highest BCUT2D eigenvalue weighted by molar-refractivity contribution is 5.51. The van der Waals surface area contributed by atoms with E-state index in [-0.39, 0.29) is 5.92 Å². The first-order valence-corrected chi connectivity index (χ1v) is 7.62. The molecule has 0 aliphatic rings. The molecular weight excluding hydrogens is 272 g/mol. The lowest BCUT2D eigenvalue weighted by molar-refractivity contribution is -0.648. The lowest BCUT2D eigenvalue weighted by Crippen LogP contribution is -2.35. The van der Waals surface area contributed by atoms with Crippen LogP contribution in [0.4, 0.5) is 0 Å². The highest BCUT2D eigenvalue weighted by Gasteiger charge is 2.27. The lowest BCUT2D eigenvalue weighted by Gasteiger charge is -1.96.